The molecule has 0 radical (unpaired) electrons. The van der Waals surface area contributed by atoms with E-state index < -0.39 is 0 Å². The summed E-state index contributed by atoms with van der Waals surface area (Å²) in [7, 11) is 0. The quantitative estimate of drug-likeness (QED) is 0.870. The minimum absolute atomic E-state index is 0.198. The van der Waals surface area contributed by atoms with Gasteiger partial charge in [0, 0.05) is 44.1 Å². The number of fused-ring (bicyclic) bond motifs is 1. The van der Waals surface area contributed by atoms with Crippen LogP contribution in [0.5, 0.6) is 0 Å². The molecule has 114 valence electrons. The molecule has 5 heteroatoms. The number of hydrogen-bond acceptors (Lipinski definition) is 3. The average molecular weight is 288 g/mol. The molecule has 1 amide bonds. The molecule has 1 aromatic rings. The van der Waals surface area contributed by atoms with Crippen molar-refractivity contribution in [2.24, 2.45) is 0 Å². The second kappa shape index (κ2) is 5.44. The number of carbonyl (C=O) groups excluding carboxylic acids is 1. The van der Waals surface area contributed by atoms with Gasteiger partial charge in [-0.05, 0) is 19.3 Å². The number of nitrogens with zero attached hydrogens (tertiary/aromatic N) is 2. The van der Waals surface area contributed by atoms with Gasteiger partial charge in [0.15, 0.2) is 0 Å². The zero-order valence-corrected chi connectivity index (χ0v) is 12.5. The van der Waals surface area contributed by atoms with Crippen molar-refractivity contribution in [2.45, 2.75) is 63.5 Å². The van der Waals surface area contributed by atoms with E-state index in [-0.39, 0.29) is 5.91 Å². The van der Waals surface area contributed by atoms with Gasteiger partial charge in [0.25, 0.3) is 0 Å². The number of nitrogens with one attached hydrogen (secondary N) is 2. The topological polar surface area (TPSA) is 59.0 Å². The molecule has 1 unspecified atom stereocenters. The molecule has 1 atom stereocenters. The predicted octanol–water partition coefficient (Wildman–Crippen LogP) is 1.64. The Morgan fingerprint density at radius 2 is 2.00 bits per heavy atom. The van der Waals surface area contributed by atoms with Crippen molar-refractivity contribution in [3.05, 3.63) is 17.2 Å². The first-order valence-corrected chi connectivity index (χ1v) is 8.40. The van der Waals surface area contributed by atoms with E-state index in [9.17, 15) is 4.79 Å². The maximum atomic E-state index is 11.5. The Bertz CT molecular complexity index is 535. The third-order valence-corrected chi connectivity index (χ3v) is 5.28. The van der Waals surface area contributed by atoms with Gasteiger partial charge in [-0.3, -0.25) is 4.79 Å². The highest BCUT2D eigenvalue weighted by molar-refractivity contribution is 5.76. The third-order valence-electron chi connectivity index (χ3n) is 5.28. The number of hydrogen-bond donors (Lipinski definition) is 2. The number of imidazole rings is 1. The van der Waals surface area contributed by atoms with Crippen molar-refractivity contribution < 1.29 is 4.79 Å². The van der Waals surface area contributed by atoms with Gasteiger partial charge in [0.05, 0.1) is 11.7 Å². The van der Waals surface area contributed by atoms with E-state index in [4.69, 9.17) is 4.98 Å². The minimum Gasteiger partial charge on any atom is -0.354 e. The summed E-state index contributed by atoms with van der Waals surface area (Å²) in [6, 6.07) is 0.410. The summed E-state index contributed by atoms with van der Waals surface area (Å²) in [6.45, 7) is 2.72. The lowest BCUT2D eigenvalue weighted by molar-refractivity contribution is -0.122. The van der Waals surface area contributed by atoms with Crippen LogP contribution < -0.4 is 10.6 Å². The maximum Gasteiger partial charge on any atom is 0.220 e. The van der Waals surface area contributed by atoms with Crippen LogP contribution in [0.3, 0.4) is 0 Å². The third kappa shape index (κ3) is 2.37. The fourth-order valence-electron chi connectivity index (χ4n) is 4.17. The molecule has 5 nitrogen and oxygen atoms in total. The van der Waals surface area contributed by atoms with Crippen molar-refractivity contribution in [3.63, 3.8) is 0 Å². The van der Waals surface area contributed by atoms with Crippen LogP contribution in [0.15, 0.2) is 0 Å². The van der Waals surface area contributed by atoms with Gasteiger partial charge in [-0.15, -0.1) is 0 Å². The molecule has 2 N–H and O–H groups in total. The lowest BCUT2D eigenvalue weighted by atomic mass is 10.0. The van der Waals surface area contributed by atoms with E-state index >= 15 is 0 Å². The fraction of sp³-hybridized carbons (Fsp3) is 0.750. The van der Waals surface area contributed by atoms with Gasteiger partial charge < -0.3 is 15.2 Å². The molecule has 2 aliphatic heterocycles. The Morgan fingerprint density at radius 3 is 2.76 bits per heavy atom. The van der Waals surface area contributed by atoms with Crippen molar-refractivity contribution in [3.8, 4) is 0 Å². The molecule has 3 aliphatic rings. The maximum absolute atomic E-state index is 11.5. The van der Waals surface area contributed by atoms with Crippen LogP contribution in [-0.2, 0) is 17.8 Å². The number of aromatic nitrogens is 2. The van der Waals surface area contributed by atoms with Crippen molar-refractivity contribution in [2.75, 3.05) is 13.1 Å². The molecular weight excluding hydrogens is 264 g/mol. The first kappa shape index (κ1) is 13.3. The van der Waals surface area contributed by atoms with Crippen molar-refractivity contribution in [1.29, 1.82) is 0 Å². The zero-order chi connectivity index (χ0) is 14.2. The van der Waals surface area contributed by atoms with Crippen LogP contribution >= 0.6 is 0 Å². The van der Waals surface area contributed by atoms with E-state index in [2.05, 4.69) is 15.2 Å². The smallest absolute Gasteiger partial charge is 0.220 e. The Labute approximate surface area is 125 Å². The van der Waals surface area contributed by atoms with Gasteiger partial charge in [-0.25, -0.2) is 4.98 Å². The monoisotopic (exact) mass is 288 g/mol. The highest BCUT2D eigenvalue weighted by atomic mass is 16.1. The summed E-state index contributed by atoms with van der Waals surface area (Å²) < 4.78 is 2.52. The first-order chi connectivity index (χ1) is 10.3. The molecule has 1 saturated carbocycles. The van der Waals surface area contributed by atoms with E-state index in [1.54, 1.807) is 0 Å². The number of rotatable bonds is 2. The summed E-state index contributed by atoms with van der Waals surface area (Å²) in [5.74, 6) is 2.14. The van der Waals surface area contributed by atoms with Gasteiger partial charge in [-0.2, -0.15) is 0 Å². The predicted molar refractivity (Wildman–Crippen MR) is 80.1 cm³/mol. The lowest BCUT2D eigenvalue weighted by Gasteiger charge is -2.29. The Hall–Kier alpha value is -1.36. The van der Waals surface area contributed by atoms with Gasteiger partial charge in [0.2, 0.25) is 5.91 Å². The standard InChI is InChI=1S/C16H24N4O/c21-15-6-5-12(9-18-15)20-14-7-8-17-10-13(14)19-16(20)11-3-1-2-4-11/h11-12,17H,1-10H2,(H,18,21). The normalized spacial score (nSPS) is 26.7. The minimum atomic E-state index is 0.198. The molecule has 1 aromatic heterocycles. The van der Waals surface area contributed by atoms with Gasteiger partial charge in [-0.1, -0.05) is 12.8 Å². The van der Waals surface area contributed by atoms with Gasteiger partial charge >= 0.3 is 0 Å². The van der Waals surface area contributed by atoms with E-state index in [0.717, 1.165) is 32.5 Å². The van der Waals surface area contributed by atoms with Crippen molar-refractivity contribution in [1.82, 2.24) is 20.2 Å². The Kier molecular flexibility index (Phi) is 3.45. The second-order valence-corrected chi connectivity index (χ2v) is 6.64. The Balaban J connectivity index is 1.71. The van der Waals surface area contributed by atoms with Crippen molar-refractivity contribution >= 4 is 5.91 Å². The van der Waals surface area contributed by atoms with Crippen LogP contribution in [0.1, 0.15) is 67.7 Å². The molecule has 2 fully saturated rings. The van der Waals surface area contributed by atoms with E-state index in [1.165, 1.54) is 42.9 Å². The molecule has 0 spiro atoms. The van der Waals surface area contributed by atoms with Crippen LogP contribution in [0, 0.1) is 0 Å². The van der Waals surface area contributed by atoms with Gasteiger partial charge in [0.1, 0.15) is 5.82 Å². The highest BCUT2D eigenvalue weighted by Crippen LogP contribution is 2.37. The molecule has 0 aromatic carbocycles. The van der Waals surface area contributed by atoms with E-state index in [0.29, 0.717) is 18.4 Å². The SMILES string of the molecule is O=C1CCC(n2c(C3CCCC3)nc3c2CCNC3)CN1. The number of amides is 1. The average Bonchev–Trinajstić information content (AvgIpc) is 3.15. The first-order valence-electron chi connectivity index (χ1n) is 8.40. The van der Waals surface area contributed by atoms with Crippen LogP contribution in [0.25, 0.3) is 0 Å². The second-order valence-electron chi connectivity index (χ2n) is 6.64. The summed E-state index contributed by atoms with van der Waals surface area (Å²) in [5, 5.41) is 6.48. The molecule has 3 heterocycles. The Morgan fingerprint density at radius 1 is 1.14 bits per heavy atom. The summed E-state index contributed by atoms with van der Waals surface area (Å²) in [6.07, 6.45) is 7.91. The van der Waals surface area contributed by atoms with Crippen LogP contribution in [0.4, 0.5) is 0 Å². The van der Waals surface area contributed by atoms with Crippen LogP contribution in [0.2, 0.25) is 0 Å². The molecular formula is C16H24N4O. The molecule has 21 heavy (non-hydrogen) atoms. The summed E-state index contributed by atoms with van der Waals surface area (Å²) >= 11 is 0. The number of carbonyl (C=O) groups is 1. The largest absolute Gasteiger partial charge is 0.354 e. The van der Waals surface area contributed by atoms with Crippen LogP contribution in [-0.4, -0.2) is 28.5 Å². The fourth-order valence-corrected chi connectivity index (χ4v) is 4.17. The lowest BCUT2D eigenvalue weighted by Crippen LogP contribution is -2.38. The summed E-state index contributed by atoms with van der Waals surface area (Å²) in [5.41, 5.74) is 2.68. The van der Waals surface area contributed by atoms with E-state index in [1.807, 2.05) is 0 Å². The molecule has 4 rings (SSSR count). The highest BCUT2D eigenvalue weighted by Gasteiger charge is 2.31. The number of piperidine rings is 1. The summed E-state index contributed by atoms with van der Waals surface area (Å²) in [4.78, 5) is 16.5. The zero-order valence-electron chi connectivity index (χ0n) is 12.5. The molecule has 0 bridgehead atoms. The molecule has 1 aliphatic carbocycles. The molecule has 1 saturated heterocycles.